The van der Waals surface area contributed by atoms with Crippen LogP contribution in [0, 0.1) is 6.92 Å². The van der Waals surface area contributed by atoms with E-state index < -0.39 is 12.1 Å². The number of likely N-dealkylation sites (tertiary alicyclic amines) is 2. The Kier molecular flexibility index (Phi) is 6.67. The zero-order valence-electron chi connectivity index (χ0n) is 19.1. The van der Waals surface area contributed by atoms with Gasteiger partial charge in [0.1, 0.15) is 5.75 Å². The van der Waals surface area contributed by atoms with Crippen molar-refractivity contribution in [3.05, 3.63) is 47.6 Å². The summed E-state index contributed by atoms with van der Waals surface area (Å²) in [7, 11) is 1.59. The number of carbonyl (C=O) groups is 2. The number of rotatable bonds is 4. The number of amides is 2. The number of alkyl halides is 3. The number of methoxy groups -OCH3 is 1. The first-order chi connectivity index (χ1) is 16.2. The van der Waals surface area contributed by atoms with E-state index in [1.54, 1.807) is 18.3 Å². The number of carbonyl (C=O) groups excluding carboxylic acids is 2. The largest absolute Gasteiger partial charge is 0.495 e. The average molecular weight is 476 g/mol. The maximum absolute atomic E-state index is 13.2. The Labute approximate surface area is 195 Å². The van der Waals surface area contributed by atoms with Crippen LogP contribution in [0.3, 0.4) is 0 Å². The molecule has 4 rings (SSSR count). The van der Waals surface area contributed by atoms with Gasteiger partial charge in [-0.1, -0.05) is 6.07 Å². The second kappa shape index (κ2) is 9.52. The van der Waals surface area contributed by atoms with Crippen molar-refractivity contribution in [1.82, 2.24) is 19.4 Å². The van der Waals surface area contributed by atoms with Crippen molar-refractivity contribution >= 4 is 17.9 Å². The van der Waals surface area contributed by atoms with Crippen molar-refractivity contribution in [2.75, 3.05) is 26.7 Å². The van der Waals surface area contributed by atoms with Gasteiger partial charge in [0.15, 0.2) is 0 Å². The van der Waals surface area contributed by atoms with Gasteiger partial charge in [0.05, 0.1) is 24.8 Å². The Hall–Kier alpha value is -3.30. The summed E-state index contributed by atoms with van der Waals surface area (Å²) in [4.78, 5) is 31.5. The molecule has 34 heavy (non-hydrogen) atoms. The molecule has 7 nitrogen and oxygen atoms in total. The Balaban J connectivity index is 1.47. The fourth-order valence-corrected chi connectivity index (χ4v) is 4.63. The smallest absolute Gasteiger partial charge is 0.471 e. The molecule has 2 aromatic rings. The standard InChI is InChI=1S/C24H27F3N4O3/c1-16-14-30(15-28-16)20-6-5-17(13-21(20)34-2)12-18-4-3-9-31(22(18)32)19-7-10-29(11-8-19)23(33)24(25,26)27/h5-6,12-15,19H,3-4,7-11H2,1-2H3/b18-12+. The van der Waals surface area contributed by atoms with E-state index in [2.05, 4.69) is 4.98 Å². The molecule has 0 saturated carbocycles. The van der Waals surface area contributed by atoms with Gasteiger partial charge in [0.2, 0.25) is 5.91 Å². The van der Waals surface area contributed by atoms with Gasteiger partial charge in [0.25, 0.3) is 0 Å². The maximum Gasteiger partial charge on any atom is 0.471 e. The van der Waals surface area contributed by atoms with Gasteiger partial charge < -0.3 is 19.1 Å². The Morgan fingerprint density at radius 3 is 2.56 bits per heavy atom. The summed E-state index contributed by atoms with van der Waals surface area (Å²) in [5, 5.41) is 0. The lowest BCUT2D eigenvalue weighted by Gasteiger charge is -2.40. The first-order valence-electron chi connectivity index (χ1n) is 11.2. The first kappa shape index (κ1) is 23.8. The van der Waals surface area contributed by atoms with Crippen molar-refractivity contribution < 1.29 is 27.5 Å². The van der Waals surface area contributed by atoms with Crippen LogP contribution < -0.4 is 4.74 Å². The minimum atomic E-state index is -4.86. The third kappa shape index (κ3) is 4.95. The lowest BCUT2D eigenvalue weighted by molar-refractivity contribution is -0.186. The average Bonchev–Trinajstić information content (AvgIpc) is 3.25. The van der Waals surface area contributed by atoms with E-state index in [0.29, 0.717) is 37.1 Å². The van der Waals surface area contributed by atoms with Gasteiger partial charge in [-0.25, -0.2) is 4.98 Å². The summed E-state index contributed by atoms with van der Waals surface area (Å²) in [5.74, 6) is -1.26. The molecule has 0 N–H and O–H groups in total. The first-order valence-corrected chi connectivity index (χ1v) is 11.2. The number of aromatic nitrogens is 2. The van der Waals surface area contributed by atoms with Crippen LogP contribution in [-0.4, -0.2) is 70.1 Å². The van der Waals surface area contributed by atoms with Crippen LogP contribution in [0.5, 0.6) is 5.75 Å². The Morgan fingerprint density at radius 1 is 1.21 bits per heavy atom. The van der Waals surface area contributed by atoms with E-state index in [9.17, 15) is 22.8 Å². The molecular weight excluding hydrogens is 449 g/mol. The highest BCUT2D eigenvalue weighted by molar-refractivity contribution is 5.98. The number of aryl methyl sites for hydroxylation is 1. The normalized spacial score (nSPS) is 19.1. The van der Waals surface area contributed by atoms with Gasteiger partial charge in [0, 0.05) is 37.4 Å². The van der Waals surface area contributed by atoms with Gasteiger partial charge in [-0.2, -0.15) is 13.2 Å². The number of hydrogen-bond acceptors (Lipinski definition) is 4. The van der Waals surface area contributed by atoms with Gasteiger partial charge >= 0.3 is 12.1 Å². The predicted octanol–water partition coefficient (Wildman–Crippen LogP) is 3.75. The van der Waals surface area contributed by atoms with Crippen LogP contribution in [0.15, 0.2) is 36.3 Å². The fraction of sp³-hybridized carbons (Fsp3) is 0.458. The van der Waals surface area contributed by atoms with Crippen LogP contribution in [0.4, 0.5) is 13.2 Å². The van der Waals surface area contributed by atoms with E-state index in [1.165, 1.54) is 0 Å². The maximum atomic E-state index is 13.2. The molecule has 182 valence electrons. The molecule has 2 aliphatic heterocycles. The Bertz CT molecular complexity index is 1100. The van der Waals surface area contributed by atoms with Crippen LogP contribution in [0.25, 0.3) is 11.8 Å². The van der Waals surface area contributed by atoms with Gasteiger partial charge in [-0.05, 0) is 56.4 Å². The molecule has 0 bridgehead atoms. The third-order valence-electron chi connectivity index (χ3n) is 6.35. The molecule has 0 spiro atoms. The third-order valence-corrected chi connectivity index (χ3v) is 6.35. The number of nitrogens with zero attached hydrogens (tertiary/aromatic N) is 4. The van der Waals surface area contributed by atoms with Crippen molar-refractivity contribution in [3.8, 4) is 11.4 Å². The lowest BCUT2D eigenvalue weighted by atomic mass is 9.95. The monoisotopic (exact) mass is 476 g/mol. The minimum absolute atomic E-state index is 0.00176. The molecule has 0 aliphatic carbocycles. The summed E-state index contributed by atoms with van der Waals surface area (Å²) >= 11 is 0. The number of piperidine rings is 2. The van der Waals surface area contributed by atoms with E-state index in [4.69, 9.17) is 4.74 Å². The van der Waals surface area contributed by atoms with Crippen LogP contribution in [-0.2, 0) is 9.59 Å². The van der Waals surface area contributed by atoms with Crippen molar-refractivity contribution in [1.29, 1.82) is 0 Å². The van der Waals surface area contributed by atoms with E-state index in [-0.39, 0.29) is 25.0 Å². The highest BCUT2D eigenvalue weighted by Gasteiger charge is 2.44. The predicted molar refractivity (Wildman–Crippen MR) is 119 cm³/mol. The number of halogens is 3. The van der Waals surface area contributed by atoms with Crippen molar-refractivity contribution in [3.63, 3.8) is 0 Å². The molecule has 2 saturated heterocycles. The van der Waals surface area contributed by atoms with Crippen LogP contribution in [0.1, 0.15) is 36.9 Å². The summed E-state index contributed by atoms with van der Waals surface area (Å²) in [5.41, 5.74) is 3.21. The van der Waals surface area contributed by atoms with Crippen LogP contribution >= 0.6 is 0 Å². The molecule has 2 aliphatic rings. The molecule has 2 amide bonds. The summed E-state index contributed by atoms with van der Waals surface area (Å²) in [6, 6.07) is 5.51. The zero-order chi connectivity index (χ0) is 24.5. The highest BCUT2D eigenvalue weighted by atomic mass is 19.4. The molecule has 2 fully saturated rings. The molecule has 0 radical (unpaired) electrons. The molecule has 0 atom stereocenters. The van der Waals surface area contributed by atoms with Crippen LogP contribution in [0.2, 0.25) is 0 Å². The molecular formula is C24H27F3N4O3. The number of benzene rings is 1. The summed E-state index contributed by atoms with van der Waals surface area (Å²) < 4.78 is 45.5. The summed E-state index contributed by atoms with van der Waals surface area (Å²) in [6.45, 7) is 2.47. The SMILES string of the molecule is COc1cc(/C=C2\CCCN(C3CCN(C(=O)C(F)(F)F)CC3)C2=O)ccc1-n1cnc(C)c1. The second-order valence-corrected chi connectivity index (χ2v) is 8.65. The fourth-order valence-electron chi connectivity index (χ4n) is 4.63. The zero-order valence-corrected chi connectivity index (χ0v) is 19.1. The number of ether oxygens (including phenoxy) is 1. The Morgan fingerprint density at radius 2 is 1.94 bits per heavy atom. The topological polar surface area (TPSA) is 67.7 Å². The molecule has 10 heteroatoms. The molecule has 1 aromatic heterocycles. The van der Waals surface area contributed by atoms with Crippen molar-refractivity contribution in [2.24, 2.45) is 0 Å². The quantitative estimate of drug-likeness (QED) is 0.631. The number of imidazole rings is 1. The van der Waals surface area contributed by atoms with E-state index in [0.717, 1.165) is 28.3 Å². The highest BCUT2D eigenvalue weighted by Crippen LogP contribution is 2.30. The molecule has 3 heterocycles. The summed E-state index contributed by atoms with van der Waals surface area (Å²) in [6.07, 6.45) is 2.68. The van der Waals surface area contributed by atoms with E-state index in [1.807, 2.05) is 42.0 Å². The van der Waals surface area contributed by atoms with Crippen molar-refractivity contribution in [2.45, 2.75) is 44.8 Å². The lowest BCUT2D eigenvalue weighted by Crippen LogP contribution is -2.52. The van der Waals surface area contributed by atoms with Gasteiger partial charge in [-0.15, -0.1) is 0 Å². The molecule has 0 unspecified atom stereocenters. The van der Waals surface area contributed by atoms with Gasteiger partial charge in [-0.3, -0.25) is 9.59 Å². The number of hydrogen-bond donors (Lipinski definition) is 0. The van der Waals surface area contributed by atoms with E-state index >= 15 is 0 Å². The molecule has 1 aromatic carbocycles. The minimum Gasteiger partial charge on any atom is -0.495 e. The second-order valence-electron chi connectivity index (χ2n) is 8.65.